The van der Waals surface area contributed by atoms with Crippen LogP contribution in [0.2, 0.25) is 0 Å². The zero-order chi connectivity index (χ0) is 14.2. The van der Waals surface area contributed by atoms with Crippen molar-refractivity contribution >= 4 is 5.91 Å². The van der Waals surface area contributed by atoms with Gasteiger partial charge in [0.2, 0.25) is 0 Å². The van der Waals surface area contributed by atoms with E-state index in [-0.39, 0.29) is 12.0 Å². The van der Waals surface area contributed by atoms with Crippen molar-refractivity contribution in [2.24, 2.45) is 0 Å². The minimum absolute atomic E-state index is 0.0285. The third kappa shape index (κ3) is 2.65. The minimum atomic E-state index is -0.596. The fraction of sp³-hybridized carbons (Fsp3) is 0.533. The van der Waals surface area contributed by atoms with Gasteiger partial charge in [-0.2, -0.15) is 0 Å². The molecule has 1 saturated heterocycles. The molecule has 19 heavy (non-hydrogen) atoms. The minimum Gasteiger partial charge on any atom is -0.388 e. The Morgan fingerprint density at radius 1 is 1.21 bits per heavy atom. The molecule has 1 aromatic carbocycles. The van der Waals surface area contributed by atoms with Gasteiger partial charge in [0.25, 0.3) is 5.91 Å². The zero-order valence-electron chi connectivity index (χ0n) is 11.9. The highest BCUT2D eigenvalue weighted by molar-refractivity contribution is 5.96. The number of aryl methyl sites for hydroxylation is 3. The predicted octanol–water partition coefficient (Wildman–Crippen LogP) is 1.44. The molecular weight excluding hydrogens is 242 g/mol. The van der Waals surface area contributed by atoms with Crippen LogP contribution >= 0.6 is 0 Å². The number of ether oxygens (including phenoxy) is 1. The van der Waals surface area contributed by atoms with Crippen LogP contribution in [-0.2, 0) is 4.74 Å². The average molecular weight is 263 g/mol. The number of β-amino-alcohol motifs (C(OH)–C–C–N with tert-alkyl or cyclic N) is 1. The maximum absolute atomic E-state index is 12.5. The first-order chi connectivity index (χ1) is 8.93. The second kappa shape index (κ2) is 5.31. The highest BCUT2D eigenvalue weighted by Crippen LogP contribution is 2.20. The summed E-state index contributed by atoms with van der Waals surface area (Å²) in [4.78, 5) is 14.2. The Labute approximate surface area is 114 Å². The molecule has 2 rings (SSSR count). The number of nitrogens with zero attached hydrogens (tertiary/aromatic N) is 1. The molecule has 1 aromatic rings. The third-order valence-electron chi connectivity index (χ3n) is 3.90. The van der Waals surface area contributed by atoms with Crippen molar-refractivity contribution in [3.05, 3.63) is 34.4 Å². The molecule has 0 bridgehead atoms. The van der Waals surface area contributed by atoms with Crippen LogP contribution in [0.1, 0.15) is 27.0 Å². The Bertz CT molecular complexity index is 498. The molecule has 0 aromatic heterocycles. The molecule has 0 saturated carbocycles. The van der Waals surface area contributed by atoms with Gasteiger partial charge in [-0.1, -0.05) is 6.07 Å². The molecule has 0 aliphatic carbocycles. The molecular formula is C15H21NO3. The van der Waals surface area contributed by atoms with E-state index in [2.05, 4.69) is 0 Å². The van der Waals surface area contributed by atoms with E-state index in [0.29, 0.717) is 18.7 Å². The lowest BCUT2D eigenvalue weighted by Gasteiger charge is -2.18. The Kier molecular flexibility index (Phi) is 3.92. The normalized spacial score (nSPS) is 22.9. The molecule has 0 radical (unpaired) electrons. The van der Waals surface area contributed by atoms with E-state index in [1.54, 1.807) is 12.0 Å². The standard InChI is InChI=1S/C15H21NO3/c1-9-5-11(3)12(6-10(9)2)15(18)16-7-13(17)14(8-16)19-4/h5-6,13-14,17H,7-8H2,1-4H3/t13-,14-/m0/s1. The summed E-state index contributed by atoms with van der Waals surface area (Å²) >= 11 is 0. The molecule has 0 spiro atoms. The molecule has 2 atom stereocenters. The van der Waals surface area contributed by atoms with Gasteiger partial charge in [-0.15, -0.1) is 0 Å². The van der Waals surface area contributed by atoms with E-state index in [9.17, 15) is 9.90 Å². The molecule has 1 amide bonds. The van der Waals surface area contributed by atoms with Crippen molar-refractivity contribution in [2.45, 2.75) is 33.0 Å². The second-order valence-electron chi connectivity index (χ2n) is 5.30. The predicted molar refractivity (Wildman–Crippen MR) is 73.4 cm³/mol. The molecule has 1 N–H and O–H groups in total. The summed E-state index contributed by atoms with van der Waals surface area (Å²) in [6, 6.07) is 3.96. The van der Waals surface area contributed by atoms with Gasteiger partial charge in [-0.05, 0) is 43.5 Å². The number of hydrogen-bond donors (Lipinski definition) is 1. The number of hydrogen-bond acceptors (Lipinski definition) is 3. The summed E-state index contributed by atoms with van der Waals surface area (Å²) in [5.74, 6) is -0.0285. The topological polar surface area (TPSA) is 49.8 Å². The van der Waals surface area contributed by atoms with Crippen molar-refractivity contribution in [1.29, 1.82) is 0 Å². The summed E-state index contributed by atoms with van der Waals surface area (Å²) in [7, 11) is 1.56. The molecule has 1 aliphatic rings. The van der Waals surface area contributed by atoms with Crippen LogP contribution in [0.3, 0.4) is 0 Å². The molecule has 1 aliphatic heterocycles. The summed E-state index contributed by atoms with van der Waals surface area (Å²) < 4.78 is 5.17. The number of carbonyl (C=O) groups is 1. The van der Waals surface area contributed by atoms with Crippen molar-refractivity contribution in [3.63, 3.8) is 0 Å². The van der Waals surface area contributed by atoms with Crippen molar-refractivity contribution in [3.8, 4) is 0 Å². The van der Waals surface area contributed by atoms with Crippen LogP contribution in [0.5, 0.6) is 0 Å². The van der Waals surface area contributed by atoms with Crippen LogP contribution in [0.4, 0.5) is 0 Å². The number of aliphatic hydroxyl groups excluding tert-OH is 1. The van der Waals surface area contributed by atoms with Gasteiger partial charge in [0.15, 0.2) is 0 Å². The largest absolute Gasteiger partial charge is 0.388 e. The highest BCUT2D eigenvalue weighted by atomic mass is 16.5. The van der Waals surface area contributed by atoms with Crippen LogP contribution in [0.25, 0.3) is 0 Å². The van der Waals surface area contributed by atoms with Gasteiger partial charge in [0.05, 0.1) is 6.10 Å². The number of rotatable bonds is 2. The third-order valence-corrected chi connectivity index (χ3v) is 3.90. The first-order valence-corrected chi connectivity index (χ1v) is 6.52. The molecule has 4 nitrogen and oxygen atoms in total. The number of benzene rings is 1. The number of carbonyl (C=O) groups excluding carboxylic acids is 1. The summed E-state index contributed by atoms with van der Waals surface area (Å²) in [5.41, 5.74) is 3.98. The maximum atomic E-state index is 12.5. The van der Waals surface area contributed by atoms with Gasteiger partial charge in [-0.3, -0.25) is 4.79 Å². The summed E-state index contributed by atoms with van der Waals surface area (Å²) in [5, 5.41) is 9.80. The molecule has 1 fully saturated rings. The summed E-state index contributed by atoms with van der Waals surface area (Å²) in [6.45, 7) is 6.77. The van der Waals surface area contributed by atoms with Gasteiger partial charge in [0.1, 0.15) is 6.10 Å². The Morgan fingerprint density at radius 3 is 2.42 bits per heavy atom. The average Bonchev–Trinajstić information content (AvgIpc) is 2.74. The smallest absolute Gasteiger partial charge is 0.254 e. The van der Waals surface area contributed by atoms with Crippen LogP contribution < -0.4 is 0 Å². The fourth-order valence-electron chi connectivity index (χ4n) is 2.52. The van der Waals surface area contributed by atoms with Crippen molar-refractivity contribution < 1.29 is 14.6 Å². The SMILES string of the molecule is CO[C@H]1CN(C(=O)c2cc(C)c(C)cc2C)C[C@@H]1O. The van der Waals surface area contributed by atoms with Crippen molar-refractivity contribution in [1.82, 2.24) is 4.90 Å². The Balaban J connectivity index is 2.24. The highest BCUT2D eigenvalue weighted by Gasteiger charge is 2.34. The molecule has 4 heteroatoms. The fourth-order valence-corrected chi connectivity index (χ4v) is 2.52. The number of aliphatic hydroxyl groups is 1. The van der Waals surface area contributed by atoms with Crippen LogP contribution in [0.15, 0.2) is 12.1 Å². The van der Waals surface area contributed by atoms with Crippen LogP contribution in [0, 0.1) is 20.8 Å². The lowest BCUT2D eigenvalue weighted by Crippen LogP contribution is -2.30. The van der Waals surface area contributed by atoms with Crippen LogP contribution in [-0.4, -0.2) is 48.3 Å². The van der Waals surface area contributed by atoms with Gasteiger partial charge < -0.3 is 14.7 Å². The van der Waals surface area contributed by atoms with Gasteiger partial charge >= 0.3 is 0 Å². The monoisotopic (exact) mass is 263 g/mol. The molecule has 1 heterocycles. The maximum Gasteiger partial charge on any atom is 0.254 e. The van der Waals surface area contributed by atoms with E-state index in [4.69, 9.17) is 4.74 Å². The zero-order valence-corrected chi connectivity index (χ0v) is 11.9. The van der Waals surface area contributed by atoms with E-state index in [1.807, 2.05) is 32.9 Å². The van der Waals surface area contributed by atoms with E-state index >= 15 is 0 Å². The lowest BCUT2D eigenvalue weighted by molar-refractivity contribution is 0.0215. The molecule has 0 unspecified atom stereocenters. The van der Waals surface area contributed by atoms with Gasteiger partial charge in [-0.25, -0.2) is 0 Å². The van der Waals surface area contributed by atoms with E-state index < -0.39 is 6.10 Å². The first-order valence-electron chi connectivity index (χ1n) is 6.52. The van der Waals surface area contributed by atoms with E-state index in [0.717, 1.165) is 11.1 Å². The first kappa shape index (κ1) is 14.0. The second-order valence-corrected chi connectivity index (χ2v) is 5.30. The number of likely N-dealkylation sites (tertiary alicyclic amines) is 1. The number of methoxy groups -OCH3 is 1. The number of amides is 1. The molecule has 104 valence electrons. The quantitative estimate of drug-likeness (QED) is 0.878. The van der Waals surface area contributed by atoms with Gasteiger partial charge in [0, 0.05) is 25.8 Å². The Hall–Kier alpha value is -1.39. The Morgan fingerprint density at radius 2 is 1.84 bits per heavy atom. The lowest BCUT2D eigenvalue weighted by atomic mass is 10.00. The van der Waals surface area contributed by atoms with Crippen molar-refractivity contribution in [2.75, 3.05) is 20.2 Å². The van der Waals surface area contributed by atoms with E-state index in [1.165, 1.54) is 5.56 Å². The summed E-state index contributed by atoms with van der Waals surface area (Å²) in [6.07, 6.45) is -0.878.